The third kappa shape index (κ3) is 6.81. The summed E-state index contributed by atoms with van der Waals surface area (Å²) in [6.45, 7) is 2.89. The second kappa shape index (κ2) is 14.4. The van der Waals surface area contributed by atoms with E-state index in [0.717, 1.165) is 38.8 Å². The molecule has 52 heavy (non-hydrogen) atoms. The molecule has 7 rings (SSSR count). The van der Waals surface area contributed by atoms with Crippen LogP contribution in [0.5, 0.6) is 0 Å². The first-order valence-electron chi connectivity index (χ1n) is 16.6. The second-order valence-corrected chi connectivity index (χ2v) is 13.4. The highest BCUT2D eigenvalue weighted by molar-refractivity contribution is 8.00. The van der Waals surface area contributed by atoms with Crippen molar-refractivity contribution in [3.63, 3.8) is 0 Å². The van der Waals surface area contributed by atoms with Crippen molar-refractivity contribution < 1.29 is 29.1 Å². The van der Waals surface area contributed by atoms with Gasteiger partial charge in [0.25, 0.3) is 11.8 Å². The summed E-state index contributed by atoms with van der Waals surface area (Å²) in [4.78, 5) is 66.3. The van der Waals surface area contributed by atoms with E-state index in [9.17, 15) is 29.1 Å². The molecule has 6 aromatic rings. The Bertz CT molecular complexity index is 2420. The molecule has 2 heterocycles. The molecule has 258 valence electrons. The molecule has 1 saturated heterocycles. The molecule has 1 fully saturated rings. The number of aromatic carboxylic acids is 1. The van der Waals surface area contributed by atoms with E-state index in [4.69, 9.17) is 0 Å². The number of nitrogens with zero attached hydrogens (tertiary/aromatic N) is 2. The van der Waals surface area contributed by atoms with Gasteiger partial charge in [-0.05, 0) is 91.4 Å². The van der Waals surface area contributed by atoms with Crippen LogP contribution in [0.3, 0.4) is 0 Å². The van der Waals surface area contributed by atoms with Gasteiger partial charge in [0.2, 0.25) is 11.8 Å². The molecule has 1 aromatic heterocycles. The van der Waals surface area contributed by atoms with E-state index < -0.39 is 34.8 Å². The number of carbonyl (C=O) groups is 5. The molecule has 0 aliphatic carbocycles. The van der Waals surface area contributed by atoms with Gasteiger partial charge in [-0.2, -0.15) is 0 Å². The Kier molecular flexibility index (Phi) is 9.43. The first-order chi connectivity index (χ1) is 25.2. The van der Waals surface area contributed by atoms with Crippen molar-refractivity contribution in [2.24, 2.45) is 0 Å². The van der Waals surface area contributed by atoms with Crippen LogP contribution in [0.25, 0.3) is 27.9 Å². The number of thioether (sulfide) groups is 1. The minimum atomic E-state index is -1.11. The van der Waals surface area contributed by atoms with Crippen LogP contribution in [0.2, 0.25) is 0 Å². The molecule has 5 aromatic carbocycles. The highest BCUT2D eigenvalue weighted by atomic mass is 32.2. The SMILES string of the molecule is CCn1c2ccccc2c2cc(C=C(NC(=O)c3ccccc3)C(=O)Nc3cccc(SC4CC(=O)N(c5ccc(C(=O)O)cc5)C4=O)c3)ccc21. The number of amides is 4. The predicted molar refractivity (Wildman–Crippen MR) is 202 cm³/mol. The highest BCUT2D eigenvalue weighted by Gasteiger charge is 2.40. The van der Waals surface area contributed by atoms with Gasteiger partial charge in [-0.1, -0.05) is 48.5 Å². The van der Waals surface area contributed by atoms with Crippen LogP contribution in [0, 0.1) is 0 Å². The second-order valence-electron chi connectivity index (χ2n) is 12.1. The first-order valence-corrected chi connectivity index (χ1v) is 17.5. The van der Waals surface area contributed by atoms with Crippen LogP contribution in [0.4, 0.5) is 11.4 Å². The average molecular weight is 709 g/mol. The molecule has 11 heteroatoms. The van der Waals surface area contributed by atoms with E-state index in [2.05, 4.69) is 34.3 Å². The number of carbonyl (C=O) groups excluding carboxylic acids is 4. The normalized spacial score (nSPS) is 14.6. The quantitative estimate of drug-likeness (QED) is 0.100. The zero-order chi connectivity index (χ0) is 36.4. The van der Waals surface area contributed by atoms with E-state index in [1.165, 1.54) is 36.0 Å². The van der Waals surface area contributed by atoms with E-state index in [-0.39, 0.29) is 17.7 Å². The standard InChI is InChI=1S/C41H32N4O6S/c1-2-44-34-14-7-6-13-31(34)32-21-25(15-20-35(32)44)22-33(43-38(47)26-9-4-3-5-10-26)39(48)42-28-11-8-12-30(23-28)52-36-24-37(46)45(40(36)49)29-18-16-27(17-19-29)41(50)51/h3-23,36H,2,24H2,1H3,(H,42,48)(H,43,47)(H,50,51). The Labute approximate surface area is 302 Å². The smallest absolute Gasteiger partial charge is 0.335 e. The zero-order valence-electron chi connectivity index (χ0n) is 27.9. The molecule has 0 spiro atoms. The lowest BCUT2D eigenvalue weighted by atomic mass is 10.1. The molecule has 0 bridgehead atoms. The number of anilines is 2. The minimum Gasteiger partial charge on any atom is -0.478 e. The summed E-state index contributed by atoms with van der Waals surface area (Å²) in [6.07, 6.45) is 1.60. The van der Waals surface area contributed by atoms with E-state index in [1.54, 1.807) is 60.7 Å². The zero-order valence-corrected chi connectivity index (χ0v) is 28.7. The highest BCUT2D eigenvalue weighted by Crippen LogP contribution is 2.35. The van der Waals surface area contributed by atoms with Crippen molar-refractivity contribution in [1.29, 1.82) is 0 Å². The lowest BCUT2D eigenvalue weighted by molar-refractivity contribution is -0.121. The maximum absolute atomic E-state index is 13.9. The predicted octanol–water partition coefficient (Wildman–Crippen LogP) is 7.35. The fraction of sp³-hybridized carbons (Fsp3) is 0.0976. The summed E-state index contributed by atoms with van der Waals surface area (Å²) in [5.74, 6) is -2.91. The number of carboxylic acid groups (broad SMARTS) is 1. The summed E-state index contributed by atoms with van der Waals surface area (Å²) in [6, 6.07) is 35.2. The van der Waals surface area contributed by atoms with E-state index in [0.29, 0.717) is 21.8 Å². The molecule has 3 N–H and O–H groups in total. The molecule has 1 unspecified atom stereocenters. The third-order valence-corrected chi connectivity index (χ3v) is 9.98. The van der Waals surface area contributed by atoms with Gasteiger partial charge in [-0.25, -0.2) is 9.69 Å². The molecule has 4 amide bonds. The molecule has 0 radical (unpaired) electrons. The van der Waals surface area contributed by atoms with Crippen LogP contribution < -0.4 is 15.5 Å². The maximum Gasteiger partial charge on any atom is 0.335 e. The van der Waals surface area contributed by atoms with Gasteiger partial charge in [-0.3, -0.25) is 19.2 Å². The molecule has 10 nitrogen and oxygen atoms in total. The van der Waals surface area contributed by atoms with Crippen LogP contribution in [0.1, 0.15) is 39.6 Å². The maximum atomic E-state index is 13.9. The largest absolute Gasteiger partial charge is 0.478 e. The Morgan fingerprint density at radius 2 is 1.54 bits per heavy atom. The van der Waals surface area contributed by atoms with Gasteiger partial charge in [0.05, 0.1) is 16.5 Å². The fourth-order valence-electron chi connectivity index (χ4n) is 6.34. The number of aromatic nitrogens is 1. The van der Waals surface area contributed by atoms with E-state index in [1.807, 2.05) is 30.3 Å². The van der Waals surface area contributed by atoms with Crippen molar-refractivity contribution in [1.82, 2.24) is 9.88 Å². The van der Waals surface area contributed by atoms with E-state index >= 15 is 0 Å². The number of fused-ring (bicyclic) bond motifs is 3. The van der Waals surface area contributed by atoms with Crippen LogP contribution in [-0.2, 0) is 20.9 Å². The number of rotatable bonds is 10. The number of carboxylic acids is 1. The van der Waals surface area contributed by atoms with Crippen molar-refractivity contribution >= 4 is 80.6 Å². The number of benzene rings is 5. The summed E-state index contributed by atoms with van der Waals surface area (Å²) >= 11 is 1.19. The van der Waals surface area contributed by atoms with Gasteiger partial charge in [0.1, 0.15) is 5.70 Å². The number of nitrogens with one attached hydrogen (secondary N) is 2. The van der Waals surface area contributed by atoms with Crippen molar-refractivity contribution in [3.8, 4) is 0 Å². The Balaban J connectivity index is 1.14. The third-order valence-electron chi connectivity index (χ3n) is 8.80. The lowest BCUT2D eigenvalue weighted by Crippen LogP contribution is -2.31. The molecular formula is C41H32N4O6S. The summed E-state index contributed by atoms with van der Waals surface area (Å²) in [5, 5.41) is 16.3. The van der Waals surface area contributed by atoms with Crippen molar-refractivity contribution in [3.05, 3.63) is 144 Å². The van der Waals surface area contributed by atoms with Gasteiger partial charge in [0, 0.05) is 50.9 Å². The number of hydrogen-bond donors (Lipinski definition) is 3. The minimum absolute atomic E-state index is 0.0339. The monoisotopic (exact) mass is 708 g/mol. The average Bonchev–Trinajstić information content (AvgIpc) is 3.62. The topological polar surface area (TPSA) is 138 Å². The molecule has 0 saturated carbocycles. The Morgan fingerprint density at radius 1 is 0.808 bits per heavy atom. The van der Waals surface area contributed by atoms with Crippen molar-refractivity contribution in [2.45, 2.75) is 30.0 Å². The van der Waals surface area contributed by atoms with Gasteiger partial charge in [0.15, 0.2) is 0 Å². The molecule has 1 aliphatic rings. The van der Waals surface area contributed by atoms with Crippen molar-refractivity contribution in [2.75, 3.05) is 10.2 Å². The molecular weight excluding hydrogens is 677 g/mol. The number of imide groups is 1. The summed E-state index contributed by atoms with van der Waals surface area (Å²) in [7, 11) is 0. The summed E-state index contributed by atoms with van der Waals surface area (Å²) < 4.78 is 2.24. The number of aryl methyl sites for hydroxylation is 1. The van der Waals surface area contributed by atoms with Crippen LogP contribution in [-0.4, -0.2) is 44.5 Å². The van der Waals surface area contributed by atoms with Crippen LogP contribution in [0.15, 0.2) is 132 Å². The number of hydrogen-bond acceptors (Lipinski definition) is 6. The Hall–Kier alpha value is -6.46. The van der Waals surface area contributed by atoms with Crippen LogP contribution >= 0.6 is 11.8 Å². The summed E-state index contributed by atoms with van der Waals surface area (Å²) in [5.41, 5.74) is 4.10. The van der Waals surface area contributed by atoms with Gasteiger partial charge < -0.3 is 20.3 Å². The molecule has 1 aliphatic heterocycles. The number of para-hydroxylation sites is 1. The first kappa shape index (κ1) is 34.0. The fourth-order valence-corrected chi connectivity index (χ4v) is 7.45. The molecule has 1 atom stereocenters. The van der Waals surface area contributed by atoms with Gasteiger partial charge >= 0.3 is 5.97 Å². The Morgan fingerprint density at radius 3 is 2.29 bits per heavy atom. The lowest BCUT2D eigenvalue weighted by Gasteiger charge is -2.15. The van der Waals surface area contributed by atoms with Gasteiger partial charge in [-0.15, -0.1) is 11.8 Å².